The van der Waals surface area contributed by atoms with Crippen LogP contribution in [0.1, 0.15) is 27.9 Å². The van der Waals surface area contributed by atoms with E-state index in [9.17, 15) is 9.59 Å². The molecule has 0 aliphatic rings. The highest BCUT2D eigenvalue weighted by molar-refractivity contribution is 14.1. The fourth-order valence-electron chi connectivity index (χ4n) is 2.38. The maximum absolute atomic E-state index is 11.7. The van der Waals surface area contributed by atoms with Gasteiger partial charge in [-0.1, -0.05) is 24.3 Å². The van der Waals surface area contributed by atoms with Gasteiger partial charge in [0.1, 0.15) is 12.4 Å². The van der Waals surface area contributed by atoms with Crippen LogP contribution >= 0.6 is 45.6 Å². The number of rotatable bonds is 9. The van der Waals surface area contributed by atoms with Gasteiger partial charge in [-0.3, -0.25) is 9.59 Å². The fourth-order valence-corrected chi connectivity index (χ4v) is 3.03. The molecule has 0 amide bonds. The number of benzene rings is 2. The Bertz CT molecular complexity index is 805. The second kappa shape index (κ2) is 10.7. The second-order valence-electron chi connectivity index (χ2n) is 5.53. The molecule has 6 nitrogen and oxygen atoms in total. The van der Waals surface area contributed by atoms with Gasteiger partial charge < -0.3 is 17.3 Å². The molecule has 0 aliphatic carbocycles. The topological polar surface area (TPSA) is 71.1 Å². The summed E-state index contributed by atoms with van der Waals surface area (Å²) < 4.78 is 20.9. The first-order chi connectivity index (χ1) is 13.0. The van der Waals surface area contributed by atoms with Gasteiger partial charge in [0, 0.05) is 28.7 Å². The summed E-state index contributed by atoms with van der Waals surface area (Å²) in [7, 11) is 3.02. The summed E-state index contributed by atoms with van der Waals surface area (Å²) in [4.78, 5) is 22.9. The molecule has 0 saturated heterocycles. The summed E-state index contributed by atoms with van der Waals surface area (Å²) in [5, 5.41) is 0. The zero-order valence-corrected chi connectivity index (χ0v) is 19.1. The number of ether oxygens (including phenoxy) is 3. The minimum absolute atomic E-state index is 0.142. The summed E-state index contributed by atoms with van der Waals surface area (Å²) in [5.74, 6) is 1.15. The van der Waals surface area contributed by atoms with Crippen LogP contribution in [0.5, 0.6) is 17.2 Å². The van der Waals surface area contributed by atoms with Crippen LogP contribution in [0.15, 0.2) is 36.4 Å². The minimum Gasteiger partial charge on any atom is -0.496 e. The Morgan fingerprint density at radius 2 is 1.56 bits per heavy atom. The number of hydrogen-bond acceptors (Lipinski definition) is 6. The van der Waals surface area contributed by atoms with E-state index in [0.29, 0.717) is 42.3 Å². The third-order valence-electron chi connectivity index (χ3n) is 3.82. The molecule has 2 aromatic rings. The van der Waals surface area contributed by atoms with Gasteiger partial charge in [-0.2, -0.15) is 0 Å². The van der Waals surface area contributed by atoms with Gasteiger partial charge in [-0.25, -0.2) is 0 Å². The summed E-state index contributed by atoms with van der Waals surface area (Å²) in [6, 6.07) is 11.0. The first-order valence-electron chi connectivity index (χ1n) is 7.96. The fraction of sp³-hybridized carbons (Fsp3) is 0.263. The van der Waals surface area contributed by atoms with Crippen molar-refractivity contribution in [1.82, 2.24) is 0 Å². The third-order valence-corrected chi connectivity index (χ3v) is 4.89. The second-order valence-corrected chi connectivity index (χ2v) is 6.95. The van der Waals surface area contributed by atoms with E-state index in [2.05, 4.69) is 3.07 Å². The van der Waals surface area contributed by atoms with Crippen molar-refractivity contribution in [2.75, 3.05) is 14.2 Å². The molecule has 144 valence electrons. The zero-order valence-electron chi connectivity index (χ0n) is 14.8. The van der Waals surface area contributed by atoms with Crippen molar-refractivity contribution >= 4 is 55.4 Å². The standard InChI is InChI=1S/C19H18I2O6/c1-24-15-10-17(16(25-2)9-14(15)19(20)23)26-11-13-5-3-12(4-6-13)7-8-18(22)27-21/h3-6,9-10H,7-8,11H2,1-2H3. The van der Waals surface area contributed by atoms with Crippen molar-refractivity contribution in [1.29, 1.82) is 0 Å². The molecule has 2 aromatic carbocycles. The molecule has 8 heteroatoms. The molecular weight excluding hydrogens is 578 g/mol. The van der Waals surface area contributed by atoms with Gasteiger partial charge in [0.05, 0.1) is 26.2 Å². The molecule has 2 rings (SSSR count). The molecule has 0 heterocycles. The Morgan fingerprint density at radius 3 is 2.11 bits per heavy atom. The molecule has 0 aromatic heterocycles. The van der Waals surface area contributed by atoms with Gasteiger partial charge in [0.15, 0.2) is 34.5 Å². The van der Waals surface area contributed by atoms with Crippen LogP contribution in [0.4, 0.5) is 0 Å². The summed E-state index contributed by atoms with van der Waals surface area (Å²) in [6.45, 7) is 0.327. The van der Waals surface area contributed by atoms with Gasteiger partial charge in [0.2, 0.25) is 3.79 Å². The summed E-state index contributed by atoms with van der Waals surface area (Å²) in [6.07, 6.45) is 0.970. The van der Waals surface area contributed by atoms with Crippen molar-refractivity contribution in [3.8, 4) is 17.2 Å². The average molecular weight is 596 g/mol. The van der Waals surface area contributed by atoms with Crippen molar-refractivity contribution in [3.05, 3.63) is 53.1 Å². The van der Waals surface area contributed by atoms with Crippen molar-refractivity contribution in [2.45, 2.75) is 19.4 Å². The van der Waals surface area contributed by atoms with E-state index < -0.39 is 0 Å². The predicted octanol–water partition coefficient (Wildman–Crippen LogP) is 4.68. The Balaban J connectivity index is 2.07. The lowest BCUT2D eigenvalue weighted by atomic mass is 10.1. The SMILES string of the molecule is COc1cc(C(=O)I)c(OC)cc1OCc1ccc(CCC(=O)OI)cc1. The van der Waals surface area contributed by atoms with Crippen LogP contribution in [0.2, 0.25) is 0 Å². The van der Waals surface area contributed by atoms with Gasteiger partial charge in [-0.05, 0) is 23.6 Å². The lowest BCUT2D eigenvalue weighted by Crippen LogP contribution is -2.02. The highest BCUT2D eigenvalue weighted by atomic mass is 127. The van der Waals surface area contributed by atoms with E-state index in [4.69, 9.17) is 14.2 Å². The Hall–Kier alpha value is -1.56. The highest BCUT2D eigenvalue weighted by Gasteiger charge is 2.16. The molecule has 0 spiro atoms. The van der Waals surface area contributed by atoms with Crippen LogP contribution < -0.4 is 14.2 Å². The molecule has 0 radical (unpaired) electrons. The zero-order chi connectivity index (χ0) is 19.8. The minimum atomic E-state index is -0.238. The number of carbonyl (C=O) groups is 2. The first kappa shape index (κ1) is 21.7. The van der Waals surface area contributed by atoms with Gasteiger partial charge >= 0.3 is 5.97 Å². The molecule has 0 unspecified atom stereocenters. The van der Waals surface area contributed by atoms with Crippen molar-refractivity contribution < 1.29 is 26.9 Å². The average Bonchev–Trinajstić information content (AvgIpc) is 2.70. The molecule has 0 bridgehead atoms. The quantitative estimate of drug-likeness (QED) is 0.310. The monoisotopic (exact) mass is 596 g/mol. The maximum Gasteiger partial charge on any atom is 0.315 e. The van der Waals surface area contributed by atoms with Crippen LogP contribution in [-0.4, -0.2) is 24.0 Å². The van der Waals surface area contributed by atoms with Crippen molar-refractivity contribution in [2.24, 2.45) is 0 Å². The van der Waals surface area contributed by atoms with Crippen LogP contribution in [0, 0.1) is 0 Å². The summed E-state index contributed by atoms with van der Waals surface area (Å²) in [5.41, 5.74) is 2.44. The Labute approximate surface area is 185 Å². The Morgan fingerprint density at radius 1 is 0.926 bits per heavy atom. The Kier molecular flexibility index (Phi) is 8.61. The van der Waals surface area contributed by atoms with Crippen LogP contribution in [0.3, 0.4) is 0 Å². The van der Waals surface area contributed by atoms with E-state index in [-0.39, 0.29) is 9.76 Å². The third kappa shape index (κ3) is 6.23. The van der Waals surface area contributed by atoms with E-state index in [0.717, 1.165) is 11.1 Å². The number of halogens is 2. The van der Waals surface area contributed by atoms with E-state index in [1.807, 2.05) is 24.3 Å². The van der Waals surface area contributed by atoms with Crippen LogP contribution in [0.25, 0.3) is 0 Å². The highest BCUT2D eigenvalue weighted by Crippen LogP contribution is 2.36. The molecule has 0 saturated carbocycles. The molecule has 0 atom stereocenters. The van der Waals surface area contributed by atoms with E-state index in [1.54, 1.807) is 57.7 Å². The molecule has 0 fully saturated rings. The largest absolute Gasteiger partial charge is 0.496 e. The number of hydrogen-bond donors (Lipinski definition) is 0. The molecule has 0 aliphatic heterocycles. The maximum atomic E-state index is 11.7. The predicted molar refractivity (Wildman–Crippen MR) is 117 cm³/mol. The lowest BCUT2D eigenvalue weighted by molar-refractivity contribution is -0.131. The van der Waals surface area contributed by atoms with Crippen LogP contribution in [-0.2, 0) is 20.9 Å². The smallest absolute Gasteiger partial charge is 0.315 e. The number of aryl methyl sites for hydroxylation is 1. The van der Waals surface area contributed by atoms with E-state index >= 15 is 0 Å². The van der Waals surface area contributed by atoms with E-state index in [1.165, 1.54) is 14.2 Å². The van der Waals surface area contributed by atoms with Gasteiger partial charge in [-0.15, -0.1) is 0 Å². The first-order valence-corrected chi connectivity index (χ1v) is 9.92. The normalized spacial score (nSPS) is 10.2. The lowest BCUT2D eigenvalue weighted by Gasteiger charge is -2.14. The number of carbonyl (C=O) groups excluding carboxylic acids is 2. The number of methoxy groups -OCH3 is 2. The van der Waals surface area contributed by atoms with Crippen molar-refractivity contribution in [3.63, 3.8) is 0 Å². The molecule has 27 heavy (non-hydrogen) atoms. The summed E-state index contributed by atoms with van der Waals surface area (Å²) >= 11 is 3.29. The molecular formula is C19H18I2O6. The van der Waals surface area contributed by atoms with Gasteiger partial charge in [0.25, 0.3) is 0 Å². The molecule has 0 N–H and O–H groups in total.